The lowest BCUT2D eigenvalue weighted by molar-refractivity contribution is -0.151. The minimum Gasteiger partial charge on any atom is -0.478 e. The van der Waals surface area contributed by atoms with Gasteiger partial charge in [-0.1, -0.05) is 54.6 Å². The lowest BCUT2D eigenvalue weighted by Crippen LogP contribution is -2.35. The molecule has 3 aromatic rings. The Balaban J connectivity index is 1.61. The fraction of sp³-hybridized carbons (Fsp3) is 0.280. The summed E-state index contributed by atoms with van der Waals surface area (Å²) in [6.45, 7) is 0. The molecule has 0 saturated heterocycles. The number of hydrogen-bond acceptors (Lipinski definition) is 6. The zero-order valence-electron chi connectivity index (χ0n) is 19.0. The van der Waals surface area contributed by atoms with Crippen molar-refractivity contribution < 1.29 is 24.2 Å². The third-order valence-electron chi connectivity index (χ3n) is 5.87. The SMILES string of the molecule is O=C(Nc1cc(-c2cccnc2)sc1C(=O)O[C@H](C(=O)O)C1CCCCC1)Nc1c(Cl)cccc1Cl. The number of nitrogens with one attached hydrogen (secondary N) is 2. The molecule has 2 amide bonds. The van der Waals surface area contributed by atoms with Crippen molar-refractivity contribution >= 4 is 63.9 Å². The summed E-state index contributed by atoms with van der Waals surface area (Å²) in [4.78, 5) is 42.7. The third-order valence-corrected chi connectivity index (χ3v) is 7.66. The molecule has 1 aliphatic carbocycles. The summed E-state index contributed by atoms with van der Waals surface area (Å²) < 4.78 is 5.51. The van der Waals surface area contributed by atoms with Crippen molar-refractivity contribution in [3.8, 4) is 10.4 Å². The highest BCUT2D eigenvalue weighted by Crippen LogP contribution is 2.37. The van der Waals surface area contributed by atoms with Crippen LogP contribution in [0.2, 0.25) is 10.0 Å². The van der Waals surface area contributed by atoms with Gasteiger partial charge in [0.1, 0.15) is 4.88 Å². The lowest BCUT2D eigenvalue weighted by Gasteiger charge is -2.27. The number of carboxylic acid groups (broad SMARTS) is 1. The van der Waals surface area contributed by atoms with Crippen LogP contribution in [0.25, 0.3) is 10.4 Å². The van der Waals surface area contributed by atoms with Crippen molar-refractivity contribution in [1.29, 1.82) is 0 Å². The number of para-hydroxylation sites is 1. The minimum absolute atomic E-state index is 0.0660. The van der Waals surface area contributed by atoms with E-state index in [1.54, 1.807) is 42.7 Å². The number of esters is 1. The van der Waals surface area contributed by atoms with Crippen LogP contribution in [0, 0.1) is 5.92 Å². The number of aromatic nitrogens is 1. The summed E-state index contributed by atoms with van der Waals surface area (Å²) in [5.74, 6) is -2.25. The zero-order valence-corrected chi connectivity index (χ0v) is 21.3. The van der Waals surface area contributed by atoms with Gasteiger partial charge in [-0.05, 0) is 37.1 Å². The topological polar surface area (TPSA) is 118 Å². The maximum atomic E-state index is 13.2. The molecule has 188 valence electrons. The van der Waals surface area contributed by atoms with Crippen LogP contribution >= 0.6 is 34.5 Å². The van der Waals surface area contributed by atoms with Crippen molar-refractivity contribution in [3.63, 3.8) is 0 Å². The molecule has 36 heavy (non-hydrogen) atoms. The van der Waals surface area contributed by atoms with Crippen LogP contribution in [0.15, 0.2) is 48.8 Å². The number of thiophene rings is 1. The number of carbonyl (C=O) groups is 3. The molecule has 0 aliphatic heterocycles. The molecular weight excluding hydrogens is 525 g/mol. The van der Waals surface area contributed by atoms with Crippen molar-refractivity contribution in [2.24, 2.45) is 5.92 Å². The van der Waals surface area contributed by atoms with Gasteiger partial charge in [0.15, 0.2) is 0 Å². The van der Waals surface area contributed by atoms with Gasteiger partial charge in [0, 0.05) is 28.8 Å². The number of pyridine rings is 1. The highest BCUT2D eigenvalue weighted by Gasteiger charge is 2.34. The first-order valence-electron chi connectivity index (χ1n) is 11.3. The number of aliphatic carboxylic acids is 1. The standard InChI is InChI=1S/C25H23Cl2N3O5S/c26-16-9-4-10-17(27)20(16)30-25(34)29-18-12-19(15-8-5-11-28-13-15)36-22(18)24(33)35-21(23(31)32)14-6-2-1-3-7-14/h4-5,8-14,21H,1-3,6-7H2,(H,31,32)(H2,29,30,34)/t21-/m0/s1. The van der Waals surface area contributed by atoms with Crippen molar-refractivity contribution in [1.82, 2.24) is 4.98 Å². The van der Waals surface area contributed by atoms with Gasteiger partial charge < -0.3 is 20.5 Å². The number of hydrogen-bond donors (Lipinski definition) is 3. The molecule has 0 unspecified atom stereocenters. The molecule has 1 aromatic carbocycles. The Kier molecular flexibility index (Phi) is 8.45. The highest BCUT2D eigenvalue weighted by atomic mass is 35.5. The maximum absolute atomic E-state index is 13.2. The largest absolute Gasteiger partial charge is 0.478 e. The normalized spacial score (nSPS) is 14.6. The number of nitrogens with zero attached hydrogens (tertiary/aromatic N) is 1. The number of carbonyl (C=O) groups excluding carboxylic acids is 2. The molecule has 0 bridgehead atoms. The first kappa shape index (κ1) is 25.9. The Morgan fingerprint density at radius 3 is 2.42 bits per heavy atom. The molecule has 1 saturated carbocycles. The van der Waals surface area contributed by atoms with E-state index in [1.165, 1.54) is 0 Å². The highest BCUT2D eigenvalue weighted by molar-refractivity contribution is 7.18. The molecule has 0 radical (unpaired) electrons. The molecule has 8 nitrogen and oxygen atoms in total. The summed E-state index contributed by atoms with van der Waals surface area (Å²) >= 11 is 13.4. The van der Waals surface area contributed by atoms with Crippen LogP contribution in [0.1, 0.15) is 41.8 Å². The van der Waals surface area contributed by atoms with Crippen LogP contribution in [0.4, 0.5) is 16.2 Å². The van der Waals surface area contributed by atoms with Crippen molar-refractivity contribution in [2.75, 3.05) is 10.6 Å². The summed E-state index contributed by atoms with van der Waals surface area (Å²) in [6.07, 6.45) is 6.18. The molecular formula is C25H23Cl2N3O5S. The van der Waals surface area contributed by atoms with Gasteiger partial charge in [0.2, 0.25) is 6.10 Å². The zero-order chi connectivity index (χ0) is 25.7. The van der Waals surface area contributed by atoms with Gasteiger partial charge in [-0.15, -0.1) is 11.3 Å². The monoisotopic (exact) mass is 547 g/mol. The van der Waals surface area contributed by atoms with Crippen LogP contribution in [0.5, 0.6) is 0 Å². The Morgan fingerprint density at radius 1 is 1.06 bits per heavy atom. The first-order chi connectivity index (χ1) is 17.3. The van der Waals surface area contributed by atoms with E-state index in [9.17, 15) is 19.5 Å². The number of benzene rings is 1. The van der Waals surface area contributed by atoms with E-state index >= 15 is 0 Å². The number of rotatable bonds is 7. The fourth-order valence-corrected chi connectivity index (χ4v) is 5.60. The number of carboxylic acids is 1. The predicted octanol–water partition coefficient (Wildman–Crippen LogP) is 6.95. The number of halogens is 2. The molecule has 3 N–H and O–H groups in total. The van der Waals surface area contributed by atoms with E-state index in [0.717, 1.165) is 36.2 Å². The third kappa shape index (κ3) is 6.16. The van der Waals surface area contributed by atoms with E-state index in [1.807, 2.05) is 6.07 Å². The molecule has 2 heterocycles. The summed E-state index contributed by atoms with van der Waals surface area (Å²) in [7, 11) is 0. The minimum atomic E-state index is -1.26. The quantitative estimate of drug-likeness (QED) is 0.275. The van der Waals surface area contributed by atoms with Gasteiger partial charge in [0.05, 0.1) is 21.4 Å². The van der Waals surface area contributed by atoms with Crippen LogP contribution < -0.4 is 10.6 Å². The van der Waals surface area contributed by atoms with Crippen LogP contribution in [-0.4, -0.2) is 34.2 Å². The second-order valence-electron chi connectivity index (χ2n) is 8.33. The van der Waals surface area contributed by atoms with Gasteiger partial charge >= 0.3 is 18.0 Å². The van der Waals surface area contributed by atoms with E-state index < -0.39 is 24.1 Å². The molecule has 0 spiro atoms. The molecule has 4 rings (SSSR count). The summed E-state index contributed by atoms with van der Waals surface area (Å²) in [5.41, 5.74) is 1.10. The Hall–Kier alpha value is -3.14. The lowest BCUT2D eigenvalue weighted by atomic mass is 9.85. The Bertz CT molecular complexity index is 1240. The van der Waals surface area contributed by atoms with Gasteiger partial charge in [0.25, 0.3) is 0 Å². The predicted molar refractivity (Wildman–Crippen MR) is 140 cm³/mol. The molecule has 1 aliphatic rings. The van der Waals surface area contributed by atoms with Crippen molar-refractivity contribution in [2.45, 2.75) is 38.2 Å². The van der Waals surface area contributed by atoms with E-state index in [0.29, 0.717) is 17.7 Å². The first-order valence-corrected chi connectivity index (χ1v) is 12.9. The summed E-state index contributed by atoms with van der Waals surface area (Å²) in [5, 5.41) is 15.5. The number of anilines is 2. The maximum Gasteiger partial charge on any atom is 0.351 e. The number of ether oxygens (including phenoxy) is 1. The van der Waals surface area contributed by atoms with E-state index in [2.05, 4.69) is 15.6 Å². The number of urea groups is 1. The average molecular weight is 548 g/mol. The molecule has 1 atom stereocenters. The van der Waals surface area contributed by atoms with E-state index in [4.69, 9.17) is 27.9 Å². The molecule has 11 heteroatoms. The van der Waals surface area contributed by atoms with Crippen LogP contribution in [0.3, 0.4) is 0 Å². The Morgan fingerprint density at radius 2 is 1.78 bits per heavy atom. The van der Waals surface area contributed by atoms with Gasteiger partial charge in [-0.3, -0.25) is 4.98 Å². The van der Waals surface area contributed by atoms with Gasteiger partial charge in [-0.2, -0.15) is 0 Å². The smallest absolute Gasteiger partial charge is 0.351 e. The molecule has 1 fully saturated rings. The van der Waals surface area contributed by atoms with Gasteiger partial charge in [-0.25, -0.2) is 14.4 Å². The fourth-order valence-electron chi connectivity index (χ4n) is 4.12. The number of amides is 2. The molecule has 2 aromatic heterocycles. The average Bonchev–Trinajstić information content (AvgIpc) is 3.29. The second kappa shape index (κ2) is 11.7. The Labute approximate surface area is 221 Å². The second-order valence-corrected chi connectivity index (χ2v) is 10.2. The van der Waals surface area contributed by atoms with E-state index in [-0.39, 0.29) is 32.2 Å². The van der Waals surface area contributed by atoms with Crippen molar-refractivity contribution in [3.05, 3.63) is 63.7 Å². The van der Waals surface area contributed by atoms with Crippen LogP contribution in [-0.2, 0) is 9.53 Å². The summed E-state index contributed by atoms with van der Waals surface area (Å²) in [6, 6.07) is 9.28.